The van der Waals surface area contributed by atoms with E-state index in [-0.39, 0.29) is 68.0 Å². The van der Waals surface area contributed by atoms with E-state index in [2.05, 4.69) is 58.1 Å². The van der Waals surface area contributed by atoms with Crippen molar-refractivity contribution in [1.82, 2.24) is 20.5 Å². The average Bonchev–Trinajstić information content (AvgIpc) is 2.98. The number of halogens is 2. The van der Waals surface area contributed by atoms with Crippen molar-refractivity contribution < 1.29 is 38.8 Å². The molecule has 1 aromatic carbocycles. The quantitative estimate of drug-likeness (QED) is 0.119. The van der Waals surface area contributed by atoms with Crippen molar-refractivity contribution in [1.29, 1.82) is 0 Å². The summed E-state index contributed by atoms with van der Waals surface area (Å²) in [5.74, 6) is -1.87. The van der Waals surface area contributed by atoms with Crippen LogP contribution >= 0.6 is 31.9 Å². The van der Waals surface area contributed by atoms with Gasteiger partial charge in [0.25, 0.3) is 11.5 Å². The fourth-order valence-corrected chi connectivity index (χ4v) is 5.24. The van der Waals surface area contributed by atoms with E-state index in [4.69, 9.17) is 14.2 Å². The fourth-order valence-electron chi connectivity index (χ4n) is 3.98. The molecule has 0 spiro atoms. The second kappa shape index (κ2) is 17.1. The summed E-state index contributed by atoms with van der Waals surface area (Å²) in [5, 5.41) is 31.1. The number of aliphatic imine (C=N–C) groups is 1. The lowest BCUT2D eigenvalue weighted by Gasteiger charge is -2.21. The summed E-state index contributed by atoms with van der Waals surface area (Å²) >= 11 is 6.58. The van der Waals surface area contributed by atoms with Crippen molar-refractivity contribution in [3.63, 3.8) is 0 Å². The molecule has 44 heavy (non-hydrogen) atoms. The number of hydrogen-bond donors (Lipinski definition) is 6. The molecule has 1 aliphatic heterocycles. The van der Waals surface area contributed by atoms with E-state index in [0.717, 1.165) is 0 Å². The van der Waals surface area contributed by atoms with Gasteiger partial charge in [-0.25, -0.2) is 0 Å². The predicted molar refractivity (Wildman–Crippen MR) is 166 cm³/mol. The first-order valence-electron chi connectivity index (χ1n) is 13.5. The normalized spacial score (nSPS) is 15.0. The van der Waals surface area contributed by atoms with Crippen LogP contribution in [0, 0.1) is 0 Å². The number of anilines is 1. The third-order valence-corrected chi connectivity index (χ3v) is 7.14. The van der Waals surface area contributed by atoms with Crippen LogP contribution in [0.5, 0.6) is 5.75 Å². The van der Waals surface area contributed by atoms with E-state index in [9.17, 15) is 29.4 Å². The molecule has 2 aromatic rings. The van der Waals surface area contributed by atoms with Crippen molar-refractivity contribution in [2.24, 2.45) is 4.99 Å². The molecule has 2 unspecified atom stereocenters. The van der Waals surface area contributed by atoms with Gasteiger partial charge in [0, 0.05) is 29.9 Å². The topological polar surface area (TPSA) is 202 Å². The number of aromatic nitrogens is 1. The minimum atomic E-state index is -0.975. The van der Waals surface area contributed by atoms with Gasteiger partial charge in [-0.2, -0.15) is 0 Å². The maximum Gasteiger partial charge on any atom is 0.308 e. The molecule has 0 bridgehead atoms. The number of aliphatic hydroxyl groups excluding tert-OH is 1. The number of phenols is 1. The van der Waals surface area contributed by atoms with Crippen LogP contribution in [0.3, 0.4) is 0 Å². The Morgan fingerprint density at radius 1 is 1.23 bits per heavy atom. The maximum atomic E-state index is 13.1. The van der Waals surface area contributed by atoms with Gasteiger partial charge in [-0.3, -0.25) is 28.7 Å². The Bertz CT molecular complexity index is 1440. The number of methoxy groups -OCH3 is 1. The summed E-state index contributed by atoms with van der Waals surface area (Å²) in [6.07, 6.45) is 0.344. The molecule has 6 N–H and O–H groups in total. The lowest BCUT2D eigenvalue weighted by atomic mass is 10.0. The zero-order valence-electron chi connectivity index (χ0n) is 24.0. The second-order valence-corrected chi connectivity index (χ2v) is 11.2. The highest BCUT2D eigenvalue weighted by Crippen LogP contribution is 2.36. The molecule has 3 rings (SSSR count). The van der Waals surface area contributed by atoms with Crippen LogP contribution in [0.1, 0.15) is 35.3 Å². The number of guanidine groups is 1. The van der Waals surface area contributed by atoms with E-state index in [0.29, 0.717) is 15.6 Å². The number of carbonyl (C=O) groups is 3. The molecule has 2 heterocycles. The molecule has 1 aromatic heterocycles. The molecule has 0 saturated carbocycles. The van der Waals surface area contributed by atoms with Crippen LogP contribution in [-0.4, -0.2) is 91.2 Å². The van der Waals surface area contributed by atoms with Crippen LogP contribution in [0.15, 0.2) is 43.1 Å². The Labute approximate surface area is 269 Å². The summed E-state index contributed by atoms with van der Waals surface area (Å²) < 4.78 is 17.5. The number of pyridine rings is 1. The van der Waals surface area contributed by atoms with Crippen molar-refractivity contribution in [3.05, 3.63) is 54.8 Å². The number of nitrogens with one attached hydrogen (secondary N) is 4. The minimum absolute atomic E-state index is 0.00490. The number of ether oxygens (including phenoxy) is 3. The molecular formula is C27H34Br2N6O9. The third-order valence-electron chi connectivity index (χ3n) is 6.08. The highest BCUT2D eigenvalue weighted by molar-refractivity contribution is 9.11. The number of rotatable bonds is 14. The monoisotopic (exact) mass is 744 g/mol. The number of phenolic OH excluding ortho intramolecular Hbond substituents is 1. The number of esters is 1. The van der Waals surface area contributed by atoms with Crippen molar-refractivity contribution in [2.75, 3.05) is 51.9 Å². The van der Waals surface area contributed by atoms with Crippen LogP contribution in [-0.2, 0) is 30.5 Å². The molecule has 0 fully saturated rings. The van der Waals surface area contributed by atoms with Crippen LogP contribution in [0.25, 0.3) is 0 Å². The van der Waals surface area contributed by atoms with Gasteiger partial charge < -0.3 is 45.7 Å². The number of carbonyl (C=O) groups excluding carboxylic acids is 3. The summed E-state index contributed by atoms with van der Waals surface area (Å²) in [7, 11) is 1.51. The predicted octanol–water partition coefficient (Wildman–Crippen LogP) is 0.972. The molecule has 17 heteroatoms. The Morgan fingerprint density at radius 3 is 2.68 bits per heavy atom. The average molecular weight is 746 g/mol. The standard InChI is InChI=1S/C27H34Br2N6O9/c1-3-44-23(38)9-20(18-7-16(28)8-19(29)24(18)39)33-22(37)12-30-25(40)15-6-21(34-27-31-10-17(36)11-32-27)26(41)35(13-15)14-43-5-4-42-2/h6-8,13,17,20,36,39H,3-5,9-12,14H2,1-2H3,(H,30,40)(H,33,37)(H2,31,32,34). The first-order chi connectivity index (χ1) is 21.0. The lowest BCUT2D eigenvalue weighted by molar-refractivity contribution is -0.143. The molecule has 0 aliphatic carbocycles. The number of benzene rings is 1. The Morgan fingerprint density at radius 2 is 2.00 bits per heavy atom. The van der Waals surface area contributed by atoms with E-state index < -0.39 is 42.0 Å². The third kappa shape index (κ3) is 10.3. The number of nitrogens with zero attached hydrogens (tertiary/aromatic N) is 2. The minimum Gasteiger partial charge on any atom is -0.506 e. The van der Waals surface area contributed by atoms with E-state index in [1.165, 1.54) is 23.9 Å². The smallest absolute Gasteiger partial charge is 0.308 e. The van der Waals surface area contributed by atoms with Gasteiger partial charge >= 0.3 is 5.97 Å². The summed E-state index contributed by atoms with van der Waals surface area (Å²) in [5.41, 5.74) is -0.218. The first-order valence-corrected chi connectivity index (χ1v) is 15.1. The van der Waals surface area contributed by atoms with Gasteiger partial charge in [0.05, 0.1) is 61.5 Å². The number of β-amino-alcohol motifs (C(OH)–C–C–N with tert-alkyl or cyclic N) is 1. The summed E-state index contributed by atoms with van der Waals surface area (Å²) in [4.78, 5) is 55.6. The van der Waals surface area contributed by atoms with E-state index in [1.807, 2.05) is 0 Å². The van der Waals surface area contributed by atoms with Gasteiger partial charge in [-0.15, -0.1) is 0 Å². The molecule has 2 atom stereocenters. The molecular weight excluding hydrogens is 712 g/mol. The molecule has 15 nitrogen and oxygen atoms in total. The molecule has 240 valence electrons. The summed E-state index contributed by atoms with van der Waals surface area (Å²) in [6, 6.07) is 3.49. The van der Waals surface area contributed by atoms with Crippen LogP contribution in [0.2, 0.25) is 0 Å². The molecule has 2 amide bonds. The van der Waals surface area contributed by atoms with Crippen molar-refractivity contribution in [3.8, 4) is 5.75 Å². The zero-order chi connectivity index (χ0) is 32.2. The summed E-state index contributed by atoms with van der Waals surface area (Å²) in [6.45, 7) is 1.95. The SMILES string of the molecule is CCOC(=O)CC(NC(=O)CNC(=O)c1cc(NC2=NCC(O)CN2)c(=O)n(COCCOC)c1)c1cc(Br)cc(Br)c1O. The molecule has 0 radical (unpaired) electrons. The highest BCUT2D eigenvalue weighted by Gasteiger charge is 2.24. The highest BCUT2D eigenvalue weighted by atomic mass is 79.9. The largest absolute Gasteiger partial charge is 0.506 e. The Kier molecular flexibility index (Phi) is 13.6. The second-order valence-electron chi connectivity index (χ2n) is 9.43. The van der Waals surface area contributed by atoms with Crippen molar-refractivity contribution >= 4 is 61.3 Å². The Balaban J connectivity index is 1.77. The van der Waals surface area contributed by atoms with E-state index >= 15 is 0 Å². The number of aromatic hydroxyl groups is 1. The lowest BCUT2D eigenvalue weighted by Crippen LogP contribution is -2.43. The van der Waals surface area contributed by atoms with Gasteiger partial charge in [0.2, 0.25) is 5.91 Å². The van der Waals surface area contributed by atoms with Crippen LogP contribution in [0.4, 0.5) is 5.69 Å². The molecule has 0 saturated heterocycles. The Hall–Kier alpha value is -3.51. The maximum absolute atomic E-state index is 13.1. The van der Waals surface area contributed by atoms with Gasteiger partial charge in [0.1, 0.15) is 18.2 Å². The van der Waals surface area contributed by atoms with Gasteiger partial charge in [-0.05, 0) is 41.1 Å². The zero-order valence-corrected chi connectivity index (χ0v) is 27.2. The number of aliphatic hydroxyl groups is 1. The first kappa shape index (κ1) is 35.0. The van der Waals surface area contributed by atoms with Gasteiger partial charge in [-0.1, -0.05) is 15.9 Å². The van der Waals surface area contributed by atoms with Crippen molar-refractivity contribution in [2.45, 2.75) is 32.2 Å². The number of amides is 2. The number of hydrogen-bond acceptors (Lipinski definition) is 12. The molecule has 1 aliphatic rings. The van der Waals surface area contributed by atoms with Gasteiger partial charge in [0.15, 0.2) is 5.96 Å². The van der Waals surface area contributed by atoms with E-state index in [1.54, 1.807) is 19.1 Å². The van der Waals surface area contributed by atoms with Crippen LogP contribution < -0.4 is 26.8 Å². The fraction of sp³-hybridized carbons (Fsp3) is 0.444.